The molecular weight excluding hydrogens is 356 g/mol. The molecule has 0 fully saturated rings. The Kier molecular flexibility index (Phi) is 5.65. The zero-order chi connectivity index (χ0) is 14.6. The Morgan fingerprint density at radius 3 is 2.05 bits per heavy atom. The minimum Gasteiger partial charge on any atom is -0.211 e. The maximum absolute atomic E-state index is 5.99. The fraction of sp³-hybridized carbons (Fsp3) is 0.0714. The van der Waals surface area contributed by atoms with Crippen LogP contribution in [0.25, 0.3) is 0 Å². The molecule has 0 aliphatic carbocycles. The van der Waals surface area contributed by atoms with Gasteiger partial charge < -0.3 is 0 Å². The van der Waals surface area contributed by atoms with Crippen molar-refractivity contribution >= 4 is 64.1 Å². The topological polar surface area (TPSA) is 12.4 Å². The summed E-state index contributed by atoms with van der Waals surface area (Å²) in [7, 11) is 0. The normalized spacial score (nSPS) is 12.5. The van der Waals surface area contributed by atoms with E-state index in [0.29, 0.717) is 10.7 Å². The highest BCUT2D eigenvalue weighted by Crippen LogP contribution is 2.34. The molecule has 0 spiro atoms. The van der Waals surface area contributed by atoms with Crippen LogP contribution in [0.2, 0.25) is 5.02 Å². The Labute approximate surface area is 142 Å². The van der Waals surface area contributed by atoms with E-state index < -0.39 is 3.79 Å². The van der Waals surface area contributed by atoms with E-state index in [-0.39, 0.29) is 0 Å². The molecule has 6 heteroatoms. The Morgan fingerprint density at radius 1 is 0.900 bits per heavy atom. The lowest BCUT2D eigenvalue weighted by Crippen LogP contribution is -2.19. The second kappa shape index (κ2) is 7.06. The number of hydrogen-bond donors (Lipinski definition) is 0. The molecule has 20 heavy (non-hydrogen) atoms. The van der Waals surface area contributed by atoms with Crippen LogP contribution in [0.5, 0.6) is 0 Å². The highest BCUT2D eigenvalue weighted by atomic mass is 35.6. The number of benzene rings is 2. The van der Waals surface area contributed by atoms with Gasteiger partial charge in [0, 0.05) is 27.4 Å². The minimum atomic E-state index is -1.58. The second-order valence-corrected chi connectivity index (χ2v) is 7.40. The summed E-state index contributed by atoms with van der Waals surface area (Å²) in [4.78, 5) is 0.914. The summed E-state index contributed by atoms with van der Waals surface area (Å²) in [6.07, 6.45) is 0. The first-order valence-corrected chi connectivity index (χ1v) is 7.88. The monoisotopic (exact) mass is 363 g/mol. The quantitative estimate of drug-likeness (QED) is 0.358. The van der Waals surface area contributed by atoms with E-state index in [1.807, 2.05) is 42.5 Å². The molecule has 0 unspecified atom stereocenters. The van der Waals surface area contributed by atoms with E-state index in [9.17, 15) is 0 Å². The summed E-state index contributed by atoms with van der Waals surface area (Å²) in [5.74, 6) is 0. The van der Waals surface area contributed by atoms with Crippen molar-refractivity contribution in [2.24, 2.45) is 4.40 Å². The van der Waals surface area contributed by atoms with Gasteiger partial charge in [-0.3, -0.25) is 0 Å². The maximum atomic E-state index is 5.99. The fourth-order valence-electron chi connectivity index (χ4n) is 1.46. The van der Waals surface area contributed by atoms with E-state index in [1.54, 1.807) is 12.1 Å². The van der Waals surface area contributed by atoms with Gasteiger partial charge in [0.05, 0.1) is 0 Å². The fourth-order valence-corrected chi connectivity index (χ4v) is 2.89. The average Bonchev–Trinajstić information content (AvgIpc) is 2.41. The summed E-state index contributed by atoms with van der Waals surface area (Å²) in [6, 6.07) is 16.6. The third-order valence-electron chi connectivity index (χ3n) is 2.37. The Bertz CT molecular complexity index is 591. The van der Waals surface area contributed by atoms with Crippen LogP contribution in [0.1, 0.15) is 5.56 Å². The van der Waals surface area contributed by atoms with Crippen LogP contribution in [0.15, 0.2) is 63.9 Å². The molecule has 0 aliphatic rings. The van der Waals surface area contributed by atoms with Gasteiger partial charge in [-0.2, -0.15) is 0 Å². The molecule has 0 amide bonds. The summed E-state index contributed by atoms with van der Waals surface area (Å²) in [5, 5.41) is 0.669. The van der Waals surface area contributed by atoms with E-state index >= 15 is 0 Å². The SMILES string of the molecule is Clc1ccc(S/N=C(/c2ccccc2)C(Cl)(Cl)Cl)cc1. The zero-order valence-electron chi connectivity index (χ0n) is 10.1. The standard InChI is InChI=1S/C14H9Cl4NS/c15-11-6-8-12(9-7-11)20-19-13(14(16,17)18)10-4-2-1-3-5-10/h1-9H/b19-13-. The van der Waals surface area contributed by atoms with Gasteiger partial charge in [0.2, 0.25) is 3.79 Å². The van der Waals surface area contributed by atoms with Gasteiger partial charge in [0.15, 0.2) is 0 Å². The lowest BCUT2D eigenvalue weighted by molar-refractivity contribution is 1.44. The van der Waals surface area contributed by atoms with Crippen LogP contribution in [0.4, 0.5) is 0 Å². The van der Waals surface area contributed by atoms with Crippen molar-refractivity contribution < 1.29 is 0 Å². The van der Waals surface area contributed by atoms with Crippen LogP contribution < -0.4 is 0 Å². The first-order valence-electron chi connectivity index (χ1n) is 5.60. The van der Waals surface area contributed by atoms with Crippen molar-refractivity contribution in [1.82, 2.24) is 0 Å². The molecule has 0 bridgehead atoms. The second-order valence-electron chi connectivity index (χ2n) is 3.85. The summed E-state index contributed by atoms with van der Waals surface area (Å²) >= 11 is 25.0. The van der Waals surface area contributed by atoms with E-state index in [4.69, 9.17) is 46.4 Å². The highest BCUT2D eigenvalue weighted by molar-refractivity contribution is 7.98. The average molecular weight is 365 g/mol. The minimum absolute atomic E-state index is 0.392. The maximum Gasteiger partial charge on any atom is 0.233 e. The van der Waals surface area contributed by atoms with Crippen molar-refractivity contribution in [3.8, 4) is 0 Å². The molecule has 2 rings (SSSR count). The zero-order valence-corrected chi connectivity index (χ0v) is 13.9. The third kappa shape index (κ3) is 4.57. The number of alkyl halides is 3. The molecule has 0 aromatic heterocycles. The van der Waals surface area contributed by atoms with Crippen LogP contribution in [0.3, 0.4) is 0 Å². The van der Waals surface area contributed by atoms with Crippen LogP contribution in [-0.4, -0.2) is 9.50 Å². The molecule has 0 atom stereocenters. The molecule has 104 valence electrons. The molecule has 2 aromatic rings. The number of halogens is 4. The van der Waals surface area contributed by atoms with E-state index in [2.05, 4.69) is 4.40 Å². The lowest BCUT2D eigenvalue weighted by atomic mass is 10.1. The van der Waals surface area contributed by atoms with E-state index in [0.717, 1.165) is 10.5 Å². The van der Waals surface area contributed by atoms with E-state index in [1.165, 1.54) is 11.9 Å². The van der Waals surface area contributed by atoms with Gasteiger partial charge in [0.25, 0.3) is 0 Å². The smallest absolute Gasteiger partial charge is 0.211 e. The Morgan fingerprint density at radius 2 is 1.50 bits per heavy atom. The molecule has 1 nitrogen and oxygen atoms in total. The van der Waals surface area contributed by atoms with Gasteiger partial charge in [-0.05, 0) is 24.3 Å². The van der Waals surface area contributed by atoms with Crippen LogP contribution in [-0.2, 0) is 0 Å². The lowest BCUT2D eigenvalue weighted by Gasteiger charge is -2.14. The number of nitrogens with zero attached hydrogens (tertiary/aromatic N) is 1. The third-order valence-corrected chi connectivity index (χ3v) is 3.92. The first-order chi connectivity index (χ1) is 9.47. The molecule has 0 radical (unpaired) electrons. The Balaban J connectivity index is 2.28. The predicted molar refractivity (Wildman–Crippen MR) is 90.6 cm³/mol. The van der Waals surface area contributed by atoms with Gasteiger partial charge in [-0.25, -0.2) is 4.40 Å². The molecule has 0 heterocycles. The summed E-state index contributed by atoms with van der Waals surface area (Å²) < 4.78 is 2.78. The van der Waals surface area contributed by atoms with Crippen LogP contribution >= 0.6 is 58.4 Å². The molecule has 0 aliphatic heterocycles. The molecule has 0 saturated carbocycles. The van der Waals surface area contributed by atoms with Crippen molar-refractivity contribution in [2.45, 2.75) is 8.69 Å². The highest BCUT2D eigenvalue weighted by Gasteiger charge is 2.29. The summed E-state index contributed by atoms with van der Waals surface area (Å²) in [6.45, 7) is 0. The van der Waals surface area contributed by atoms with Crippen molar-refractivity contribution in [2.75, 3.05) is 0 Å². The molecule has 2 aromatic carbocycles. The molecule has 0 saturated heterocycles. The van der Waals surface area contributed by atoms with Gasteiger partial charge >= 0.3 is 0 Å². The molecular formula is C14H9Cl4NS. The van der Waals surface area contributed by atoms with Gasteiger partial charge in [-0.1, -0.05) is 76.7 Å². The van der Waals surface area contributed by atoms with Crippen molar-refractivity contribution in [3.05, 3.63) is 65.2 Å². The van der Waals surface area contributed by atoms with Crippen LogP contribution in [0, 0.1) is 0 Å². The summed E-state index contributed by atoms with van der Waals surface area (Å²) in [5.41, 5.74) is 1.16. The first kappa shape index (κ1) is 16.0. The van der Waals surface area contributed by atoms with Crippen molar-refractivity contribution in [1.29, 1.82) is 0 Å². The predicted octanol–water partition coefficient (Wildman–Crippen LogP) is 6.21. The van der Waals surface area contributed by atoms with Gasteiger partial charge in [0.1, 0.15) is 5.71 Å². The Hall–Kier alpha value is -0.380. The largest absolute Gasteiger partial charge is 0.233 e. The number of hydrogen-bond acceptors (Lipinski definition) is 2. The van der Waals surface area contributed by atoms with Gasteiger partial charge in [-0.15, -0.1) is 0 Å². The van der Waals surface area contributed by atoms with Crippen molar-refractivity contribution in [3.63, 3.8) is 0 Å². The number of rotatable bonds is 3. The molecule has 0 N–H and O–H groups in total.